The predicted molar refractivity (Wildman–Crippen MR) is 78.7 cm³/mol. The van der Waals surface area contributed by atoms with E-state index in [-0.39, 0.29) is 6.04 Å². The van der Waals surface area contributed by atoms with Gasteiger partial charge in [0.25, 0.3) is 0 Å². The lowest BCUT2D eigenvalue weighted by atomic mass is 10.0. The summed E-state index contributed by atoms with van der Waals surface area (Å²) in [5.41, 5.74) is 6.07. The first-order chi connectivity index (χ1) is 9.79. The van der Waals surface area contributed by atoms with E-state index in [0.29, 0.717) is 0 Å². The number of nitrogens with one attached hydrogen (secondary N) is 1. The molecule has 3 rings (SSSR count). The Bertz CT molecular complexity index is 705. The van der Waals surface area contributed by atoms with Crippen LogP contribution < -0.4 is 11.3 Å². The smallest absolute Gasteiger partial charge is 0.0889 e. The van der Waals surface area contributed by atoms with Gasteiger partial charge in [0.1, 0.15) is 0 Å². The third-order valence-corrected chi connectivity index (χ3v) is 3.48. The molecule has 102 valence electrons. The molecule has 0 saturated heterocycles. The molecule has 0 bridgehead atoms. The molecule has 1 aromatic carbocycles. The van der Waals surface area contributed by atoms with Gasteiger partial charge in [-0.2, -0.15) is 5.10 Å². The fourth-order valence-electron chi connectivity index (χ4n) is 2.49. The lowest BCUT2D eigenvalue weighted by Gasteiger charge is -2.13. The average molecular weight is 267 g/mol. The van der Waals surface area contributed by atoms with Crippen LogP contribution in [-0.4, -0.2) is 14.8 Å². The molecule has 5 heteroatoms. The van der Waals surface area contributed by atoms with Gasteiger partial charge in [-0.1, -0.05) is 24.3 Å². The number of aromatic nitrogens is 3. The van der Waals surface area contributed by atoms with Crippen molar-refractivity contribution in [3.8, 4) is 0 Å². The molecule has 0 amide bonds. The van der Waals surface area contributed by atoms with Crippen LogP contribution >= 0.6 is 0 Å². The summed E-state index contributed by atoms with van der Waals surface area (Å²) in [5, 5.41) is 5.74. The molecule has 2 heterocycles. The van der Waals surface area contributed by atoms with Crippen molar-refractivity contribution < 1.29 is 0 Å². The summed E-state index contributed by atoms with van der Waals surface area (Å²) in [5.74, 6) is 5.73. The third-order valence-electron chi connectivity index (χ3n) is 3.48. The molecule has 0 radical (unpaired) electrons. The van der Waals surface area contributed by atoms with E-state index in [4.69, 9.17) is 5.84 Å². The molecule has 0 saturated carbocycles. The van der Waals surface area contributed by atoms with Crippen LogP contribution in [0.15, 0.2) is 48.8 Å². The van der Waals surface area contributed by atoms with Crippen molar-refractivity contribution >= 4 is 10.9 Å². The Morgan fingerprint density at radius 2 is 2.10 bits per heavy atom. The van der Waals surface area contributed by atoms with Crippen molar-refractivity contribution in [1.29, 1.82) is 0 Å². The van der Waals surface area contributed by atoms with Crippen LogP contribution in [-0.2, 0) is 13.5 Å². The minimum atomic E-state index is -0.0368. The van der Waals surface area contributed by atoms with Gasteiger partial charge in [-0.3, -0.25) is 20.9 Å². The highest BCUT2D eigenvalue weighted by atomic mass is 15.3. The molecular formula is C15H17N5. The van der Waals surface area contributed by atoms with Gasteiger partial charge in [0.15, 0.2) is 0 Å². The van der Waals surface area contributed by atoms with Crippen molar-refractivity contribution in [3.05, 3.63) is 60.0 Å². The highest BCUT2D eigenvalue weighted by molar-refractivity contribution is 5.82. The molecule has 3 N–H and O–H groups in total. The van der Waals surface area contributed by atoms with E-state index in [2.05, 4.69) is 27.6 Å². The maximum absolute atomic E-state index is 5.73. The SMILES string of the molecule is Cn1nc(C(Cc2cccnc2)NN)c2ccccc21. The summed E-state index contributed by atoms with van der Waals surface area (Å²) in [7, 11) is 1.95. The molecule has 1 unspecified atom stereocenters. The molecule has 0 aliphatic rings. The number of hydrogen-bond donors (Lipinski definition) is 2. The maximum atomic E-state index is 5.73. The zero-order valence-electron chi connectivity index (χ0n) is 11.3. The molecule has 0 aliphatic carbocycles. The van der Waals surface area contributed by atoms with E-state index in [1.165, 1.54) is 0 Å². The monoisotopic (exact) mass is 267 g/mol. The number of para-hydroxylation sites is 1. The molecule has 0 spiro atoms. The molecule has 0 aliphatic heterocycles. The van der Waals surface area contributed by atoms with Gasteiger partial charge in [0.2, 0.25) is 0 Å². The standard InChI is InChI=1S/C15H17N5/c1-20-14-7-3-2-6-12(14)15(19-20)13(18-16)9-11-5-4-8-17-10-11/h2-8,10,13,18H,9,16H2,1H3. The Labute approximate surface area is 117 Å². The Balaban J connectivity index is 1.99. The Morgan fingerprint density at radius 3 is 2.85 bits per heavy atom. The van der Waals surface area contributed by atoms with E-state index < -0.39 is 0 Å². The van der Waals surface area contributed by atoms with E-state index in [0.717, 1.165) is 28.6 Å². The topological polar surface area (TPSA) is 68.8 Å². The number of hydrazine groups is 1. The molecule has 5 nitrogen and oxygen atoms in total. The lowest BCUT2D eigenvalue weighted by Crippen LogP contribution is -2.30. The number of fused-ring (bicyclic) bond motifs is 1. The van der Waals surface area contributed by atoms with Crippen molar-refractivity contribution in [2.45, 2.75) is 12.5 Å². The van der Waals surface area contributed by atoms with Gasteiger partial charge in [-0.15, -0.1) is 0 Å². The van der Waals surface area contributed by atoms with Crippen LogP contribution in [0.1, 0.15) is 17.3 Å². The maximum Gasteiger partial charge on any atom is 0.0889 e. The normalized spacial score (nSPS) is 12.7. The summed E-state index contributed by atoms with van der Waals surface area (Å²) in [6, 6.07) is 12.1. The van der Waals surface area contributed by atoms with Crippen molar-refractivity contribution in [3.63, 3.8) is 0 Å². The number of aryl methyl sites for hydroxylation is 1. The second-order valence-electron chi connectivity index (χ2n) is 4.81. The largest absolute Gasteiger partial charge is 0.271 e. The minimum Gasteiger partial charge on any atom is -0.271 e. The van der Waals surface area contributed by atoms with Gasteiger partial charge in [0, 0.05) is 24.8 Å². The fourth-order valence-corrected chi connectivity index (χ4v) is 2.49. The van der Waals surface area contributed by atoms with E-state index in [9.17, 15) is 0 Å². The number of nitrogens with two attached hydrogens (primary N) is 1. The Hall–Kier alpha value is -2.24. The summed E-state index contributed by atoms with van der Waals surface area (Å²) in [4.78, 5) is 4.14. The van der Waals surface area contributed by atoms with Crippen LogP contribution in [0.5, 0.6) is 0 Å². The van der Waals surface area contributed by atoms with E-state index >= 15 is 0 Å². The highest BCUT2D eigenvalue weighted by Crippen LogP contribution is 2.25. The summed E-state index contributed by atoms with van der Waals surface area (Å²) in [6.07, 6.45) is 4.38. The second-order valence-corrected chi connectivity index (χ2v) is 4.81. The first-order valence-electron chi connectivity index (χ1n) is 6.56. The predicted octanol–water partition coefficient (Wildman–Crippen LogP) is 1.72. The van der Waals surface area contributed by atoms with E-state index in [1.807, 2.05) is 42.2 Å². The van der Waals surface area contributed by atoms with Crippen LogP contribution in [0.4, 0.5) is 0 Å². The summed E-state index contributed by atoms with van der Waals surface area (Å²) in [6.45, 7) is 0. The van der Waals surface area contributed by atoms with Gasteiger partial charge in [0.05, 0.1) is 17.3 Å². The van der Waals surface area contributed by atoms with Crippen molar-refractivity contribution in [2.75, 3.05) is 0 Å². The molecule has 1 atom stereocenters. The van der Waals surface area contributed by atoms with Gasteiger partial charge >= 0.3 is 0 Å². The van der Waals surface area contributed by atoms with Crippen molar-refractivity contribution in [2.24, 2.45) is 12.9 Å². The zero-order valence-corrected chi connectivity index (χ0v) is 11.3. The number of pyridine rings is 1. The number of hydrogen-bond acceptors (Lipinski definition) is 4. The quantitative estimate of drug-likeness (QED) is 0.558. The number of rotatable bonds is 4. The molecule has 2 aromatic heterocycles. The van der Waals surface area contributed by atoms with Gasteiger partial charge in [-0.05, 0) is 24.1 Å². The zero-order chi connectivity index (χ0) is 13.9. The minimum absolute atomic E-state index is 0.0368. The molecular weight excluding hydrogens is 250 g/mol. The van der Waals surface area contributed by atoms with Crippen LogP contribution in [0, 0.1) is 0 Å². The average Bonchev–Trinajstić information content (AvgIpc) is 2.84. The summed E-state index contributed by atoms with van der Waals surface area (Å²) < 4.78 is 1.89. The lowest BCUT2D eigenvalue weighted by molar-refractivity contribution is 0.532. The van der Waals surface area contributed by atoms with Gasteiger partial charge < -0.3 is 0 Å². The number of nitrogens with zero attached hydrogens (tertiary/aromatic N) is 3. The third kappa shape index (κ3) is 2.29. The molecule has 3 aromatic rings. The van der Waals surface area contributed by atoms with Crippen molar-refractivity contribution in [1.82, 2.24) is 20.2 Å². The van der Waals surface area contributed by atoms with Crippen LogP contribution in [0.2, 0.25) is 0 Å². The van der Waals surface area contributed by atoms with Crippen LogP contribution in [0.25, 0.3) is 10.9 Å². The van der Waals surface area contributed by atoms with Gasteiger partial charge in [-0.25, -0.2) is 0 Å². The first kappa shape index (κ1) is 12.8. The molecule has 20 heavy (non-hydrogen) atoms. The first-order valence-corrected chi connectivity index (χ1v) is 6.56. The van der Waals surface area contributed by atoms with Crippen LogP contribution in [0.3, 0.4) is 0 Å². The Morgan fingerprint density at radius 1 is 1.25 bits per heavy atom. The highest BCUT2D eigenvalue weighted by Gasteiger charge is 2.18. The fraction of sp³-hybridized carbons (Fsp3) is 0.200. The van der Waals surface area contributed by atoms with E-state index in [1.54, 1.807) is 6.20 Å². The Kier molecular flexibility index (Phi) is 3.45. The molecule has 0 fully saturated rings. The second kappa shape index (κ2) is 5.40. The summed E-state index contributed by atoms with van der Waals surface area (Å²) >= 11 is 0. The number of benzene rings is 1.